The Kier molecular flexibility index (Phi) is 3.23. The van der Waals surface area contributed by atoms with Crippen molar-refractivity contribution in [3.63, 3.8) is 0 Å². The topological polar surface area (TPSA) is 61.0 Å². The van der Waals surface area contributed by atoms with E-state index in [9.17, 15) is 10.1 Å². The van der Waals surface area contributed by atoms with Crippen molar-refractivity contribution >= 4 is 32.7 Å². The maximum absolute atomic E-state index is 10.9. The molecule has 6 heteroatoms. The second-order valence-corrected chi connectivity index (χ2v) is 5.16. The van der Waals surface area contributed by atoms with Gasteiger partial charge in [-0.1, -0.05) is 24.3 Å². The van der Waals surface area contributed by atoms with Crippen LogP contribution in [0.2, 0.25) is 0 Å². The van der Waals surface area contributed by atoms with E-state index in [-0.39, 0.29) is 10.6 Å². The third kappa shape index (κ3) is 2.18. The molecule has 0 aliphatic rings. The SMILES string of the molecule is O=[N+]([O-])c1cccc(Cn2cnc3ccccc32)c1Br. The third-order valence-electron chi connectivity index (χ3n) is 3.12. The summed E-state index contributed by atoms with van der Waals surface area (Å²) in [6.07, 6.45) is 1.75. The van der Waals surface area contributed by atoms with Gasteiger partial charge in [-0.15, -0.1) is 0 Å². The number of para-hydroxylation sites is 2. The van der Waals surface area contributed by atoms with Crippen LogP contribution in [0.3, 0.4) is 0 Å². The van der Waals surface area contributed by atoms with Crippen molar-refractivity contribution in [3.8, 4) is 0 Å². The number of nitrogens with zero attached hydrogens (tertiary/aromatic N) is 3. The number of nitro benzene ring substituents is 1. The highest BCUT2D eigenvalue weighted by Gasteiger charge is 2.15. The Hall–Kier alpha value is -2.21. The summed E-state index contributed by atoms with van der Waals surface area (Å²) in [6.45, 7) is 0.531. The van der Waals surface area contributed by atoms with Crippen molar-refractivity contribution in [2.75, 3.05) is 0 Å². The fourth-order valence-corrected chi connectivity index (χ4v) is 2.68. The summed E-state index contributed by atoms with van der Waals surface area (Å²) in [5, 5.41) is 10.9. The maximum Gasteiger partial charge on any atom is 0.283 e. The van der Waals surface area contributed by atoms with Crippen molar-refractivity contribution in [2.45, 2.75) is 6.54 Å². The van der Waals surface area contributed by atoms with Gasteiger partial charge in [0.2, 0.25) is 0 Å². The molecule has 3 aromatic rings. The third-order valence-corrected chi connectivity index (χ3v) is 4.04. The van der Waals surface area contributed by atoms with E-state index in [1.54, 1.807) is 12.4 Å². The number of hydrogen-bond donors (Lipinski definition) is 0. The van der Waals surface area contributed by atoms with Gasteiger partial charge in [-0.05, 0) is 33.6 Å². The minimum Gasteiger partial charge on any atom is -0.326 e. The van der Waals surface area contributed by atoms with Crippen molar-refractivity contribution in [1.82, 2.24) is 9.55 Å². The Morgan fingerprint density at radius 1 is 1.20 bits per heavy atom. The van der Waals surface area contributed by atoms with Crippen LogP contribution in [0.1, 0.15) is 5.56 Å². The van der Waals surface area contributed by atoms with E-state index in [0.717, 1.165) is 16.6 Å². The number of fused-ring (bicyclic) bond motifs is 1. The zero-order valence-electron chi connectivity index (χ0n) is 10.4. The number of benzene rings is 2. The second kappa shape index (κ2) is 5.05. The van der Waals surface area contributed by atoms with Crippen LogP contribution in [0, 0.1) is 10.1 Å². The summed E-state index contributed by atoms with van der Waals surface area (Å²) in [6, 6.07) is 12.8. The van der Waals surface area contributed by atoms with Gasteiger partial charge in [0.25, 0.3) is 5.69 Å². The van der Waals surface area contributed by atoms with Crippen LogP contribution in [0.4, 0.5) is 5.69 Å². The summed E-state index contributed by atoms with van der Waals surface area (Å²) in [5.41, 5.74) is 2.84. The molecule has 5 nitrogen and oxygen atoms in total. The number of halogens is 1. The molecular formula is C14H10BrN3O2. The normalized spacial score (nSPS) is 10.8. The molecule has 1 aromatic heterocycles. The highest BCUT2D eigenvalue weighted by molar-refractivity contribution is 9.10. The fourth-order valence-electron chi connectivity index (χ4n) is 2.15. The molecule has 0 bridgehead atoms. The smallest absolute Gasteiger partial charge is 0.283 e. The molecule has 1 heterocycles. The van der Waals surface area contributed by atoms with Crippen LogP contribution in [0.25, 0.3) is 11.0 Å². The first-order chi connectivity index (χ1) is 9.66. The number of nitro groups is 1. The summed E-state index contributed by atoms with van der Waals surface area (Å²) >= 11 is 3.32. The van der Waals surface area contributed by atoms with Crippen molar-refractivity contribution in [1.29, 1.82) is 0 Å². The van der Waals surface area contributed by atoms with E-state index in [1.165, 1.54) is 6.07 Å². The minimum atomic E-state index is -0.389. The number of hydrogen-bond acceptors (Lipinski definition) is 3. The van der Waals surface area contributed by atoms with Gasteiger partial charge >= 0.3 is 0 Å². The molecule has 0 N–H and O–H groups in total. The monoisotopic (exact) mass is 331 g/mol. The molecule has 0 atom stereocenters. The molecule has 2 aromatic carbocycles. The zero-order valence-corrected chi connectivity index (χ0v) is 11.9. The lowest BCUT2D eigenvalue weighted by Crippen LogP contribution is -2.00. The van der Waals surface area contributed by atoms with Gasteiger partial charge in [-0.25, -0.2) is 4.98 Å². The highest BCUT2D eigenvalue weighted by atomic mass is 79.9. The zero-order chi connectivity index (χ0) is 14.1. The largest absolute Gasteiger partial charge is 0.326 e. The predicted molar refractivity (Wildman–Crippen MR) is 79.6 cm³/mol. The van der Waals surface area contributed by atoms with Gasteiger partial charge in [0.15, 0.2) is 0 Å². The average Bonchev–Trinajstić information content (AvgIpc) is 2.84. The van der Waals surface area contributed by atoms with Gasteiger partial charge < -0.3 is 4.57 Å². The van der Waals surface area contributed by atoms with E-state index >= 15 is 0 Å². The van der Waals surface area contributed by atoms with E-state index in [4.69, 9.17) is 0 Å². The molecule has 0 amide bonds. The molecular weight excluding hydrogens is 322 g/mol. The summed E-state index contributed by atoms with van der Waals surface area (Å²) in [7, 11) is 0. The quantitative estimate of drug-likeness (QED) is 0.542. The van der Waals surface area contributed by atoms with E-state index in [0.29, 0.717) is 11.0 Å². The van der Waals surface area contributed by atoms with Gasteiger partial charge in [-0.3, -0.25) is 10.1 Å². The van der Waals surface area contributed by atoms with Crippen LogP contribution in [0.15, 0.2) is 53.3 Å². The van der Waals surface area contributed by atoms with Crippen LogP contribution >= 0.6 is 15.9 Å². The summed E-state index contributed by atoms with van der Waals surface area (Å²) < 4.78 is 2.49. The predicted octanol–water partition coefficient (Wildman–Crippen LogP) is 3.76. The van der Waals surface area contributed by atoms with Crippen molar-refractivity contribution in [3.05, 3.63) is 68.9 Å². The van der Waals surface area contributed by atoms with Crippen LogP contribution < -0.4 is 0 Å². The lowest BCUT2D eigenvalue weighted by atomic mass is 10.2. The molecule has 100 valence electrons. The molecule has 0 aliphatic heterocycles. The number of rotatable bonds is 3. The summed E-state index contributed by atoms with van der Waals surface area (Å²) in [5.74, 6) is 0. The van der Waals surface area contributed by atoms with Crippen LogP contribution in [0.5, 0.6) is 0 Å². The van der Waals surface area contributed by atoms with Crippen LogP contribution in [-0.2, 0) is 6.54 Å². The average molecular weight is 332 g/mol. The molecule has 0 saturated carbocycles. The molecule has 0 radical (unpaired) electrons. The second-order valence-electron chi connectivity index (χ2n) is 4.37. The van der Waals surface area contributed by atoms with Crippen molar-refractivity contribution in [2.24, 2.45) is 0 Å². The van der Waals surface area contributed by atoms with Gasteiger partial charge in [0, 0.05) is 6.07 Å². The van der Waals surface area contributed by atoms with Gasteiger partial charge in [0.1, 0.15) is 4.47 Å². The lowest BCUT2D eigenvalue weighted by Gasteiger charge is -2.07. The first kappa shape index (κ1) is 12.8. The first-order valence-corrected chi connectivity index (χ1v) is 6.78. The molecule has 0 spiro atoms. The Morgan fingerprint density at radius 3 is 2.80 bits per heavy atom. The number of aromatic nitrogens is 2. The van der Waals surface area contributed by atoms with E-state index in [2.05, 4.69) is 20.9 Å². The first-order valence-electron chi connectivity index (χ1n) is 5.98. The molecule has 0 aliphatic carbocycles. The molecule has 0 fully saturated rings. The summed E-state index contributed by atoms with van der Waals surface area (Å²) in [4.78, 5) is 14.9. The van der Waals surface area contributed by atoms with Crippen LogP contribution in [-0.4, -0.2) is 14.5 Å². The Morgan fingerprint density at radius 2 is 2.00 bits per heavy atom. The Labute approximate surface area is 123 Å². The lowest BCUT2D eigenvalue weighted by molar-refractivity contribution is -0.385. The van der Waals surface area contributed by atoms with E-state index in [1.807, 2.05) is 34.9 Å². The molecule has 0 unspecified atom stereocenters. The van der Waals surface area contributed by atoms with E-state index < -0.39 is 0 Å². The minimum absolute atomic E-state index is 0.0759. The number of imidazole rings is 1. The van der Waals surface area contributed by atoms with Gasteiger partial charge in [-0.2, -0.15) is 0 Å². The maximum atomic E-state index is 10.9. The Balaban J connectivity index is 2.03. The molecule has 0 saturated heterocycles. The Bertz CT molecular complexity index is 798. The standard InChI is InChI=1S/C14H10BrN3O2/c15-14-10(4-3-7-13(14)18(19)20)8-17-9-16-11-5-1-2-6-12(11)17/h1-7,9H,8H2. The van der Waals surface area contributed by atoms with Crippen molar-refractivity contribution < 1.29 is 4.92 Å². The fraction of sp³-hybridized carbons (Fsp3) is 0.0714. The highest BCUT2D eigenvalue weighted by Crippen LogP contribution is 2.29. The molecule has 3 rings (SSSR count). The van der Waals surface area contributed by atoms with Gasteiger partial charge in [0.05, 0.1) is 28.8 Å². The molecule has 20 heavy (non-hydrogen) atoms.